The highest BCUT2D eigenvalue weighted by Crippen LogP contribution is 2.24. The third-order valence-electron chi connectivity index (χ3n) is 3.78. The van der Waals surface area contributed by atoms with Gasteiger partial charge < -0.3 is 10.2 Å². The minimum atomic E-state index is 0.598. The molecule has 1 aromatic heterocycles. The van der Waals surface area contributed by atoms with Crippen molar-refractivity contribution >= 4 is 0 Å². The van der Waals surface area contributed by atoms with Crippen LogP contribution in [0, 0.1) is 0 Å². The molecule has 1 unspecified atom stereocenters. The largest absolute Gasteiger partial charge is 0.312 e. The highest BCUT2D eigenvalue weighted by Gasteiger charge is 2.23. The van der Waals surface area contributed by atoms with E-state index in [2.05, 4.69) is 33.2 Å². The molecular formula is C12H20N4. The van der Waals surface area contributed by atoms with Gasteiger partial charge in [0.05, 0.1) is 12.2 Å². The third kappa shape index (κ3) is 1.76. The number of hydrogen-bond acceptors (Lipinski definition) is 3. The fourth-order valence-electron chi connectivity index (χ4n) is 2.93. The molecule has 1 atom stereocenters. The number of aromatic nitrogens is 2. The van der Waals surface area contributed by atoms with Crippen LogP contribution in [0.1, 0.15) is 30.1 Å². The van der Waals surface area contributed by atoms with Crippen molar-refractivity contribution in [1.82, 2.24) is 20.0 Å². The topological polar surface area (TPSA) is 33.1 Å². The van der Waals surface area contributed by atoms with Crippen LogP contribution in [0.5, 0.6) is 0 Å². The molecule has 0 saturated carbocycles. The van der Waals surface area contributed by atoms with Crippen molar-refractivity contribution in [1.29, 1.82) is 0 Å². The summed E-state index contributed by atoms with van der Waals surface area (Å²) in [5, 5.41) is 8.01. The molecule has 4 heteroatoms. The summed E-state index contributed by atoms with van der Waals surface area (Å²) in [6.45, 7) is 4.49. The Hall–Kier alpha value is -0.870. The number of piperidine rings is 1. The Morgan fingerprint density at radius 1 is 1.50 bits per heavy atom. The second kappa shape index (κ2) is 4.18. The predicted molar refractivity (Wildman–Crippen MR) is 63.4 cm³/mol. The van der Waals surface area contributed by atoms with Crippen LogP contribution in [0.15, 0.2) is 6.20 Å². The summed E-state index contributed by atoms with van der Waals surface area (Å²) >= 11 is 0. The standard InChI is InChI=1S/C12H20N4/c1-15-6-2-3-11(9-15)16-12-4-5-13-7-10(12)8-14-16/h8,11,13H,2-7,9H2,1H3. The Bertz CT molecular complexity index is 371. The van der Waals surface area contributed by atoms with Crippen molar-refractivity contribution in [3.8, 4) is 0 Å². The number of rotatable bonds is 1. The summed E-state index contributed by atoms with van der Waals surface area (Å²) in [6.07, 6.45) is 5.77. The van der Waals surface area contributed by atoms with Gasteiger partial charge in [-0.2, -0.15) is 5.10 Å². The first-order chi connectivity index (χ1) is 7.84. The van der Waals surface area contributed by atoms with E-state index in [1.807, 2.05) is 0 Å². The Morgan fingerprint density at radius 2 is 2.44 bits per heavy atom. The van der Waals surface area contributed by atoms with Gasteiger partial charge in [0, 0.05) is 37.3 Å². The van der Waals surface area contributed by atoms with Crippen molar-refractivity contribution in [2.75, 3.05) is 26.7 Å². The number of nitrogens with zero attached hydrogens (tertiary/aromatic N) is 3. The van der Waals surface area contributed by atoms with Crippen LogP contribution in [0.25, 0.3) is 0 Å². The van der Waals surface area contributed by atoms with Crippen LogP contribution in [0.4, 0.5) is 0 Å². The zero-order valence-electron chi connectivity index (χ0n) is 9.95. The van der Waals surface area contributed by atoms with Gasteiger partial charge in [-0.1, -0.05) is 0 Å². The van der Waals surface area contributed by atoms with Crippen molar-refractivity contribution in [2.24, 2.45) is 0 Å². The van der Waals surface area contributed by atoms with Gasteiger partial charge in [-0.25, -0.2) is 0 Å². The molecule has 1 N–H and O–H groups in total. The Kier molecular flexibility index (Phi) is 2.69. The first-order valence-electron chi connectivity index (χ1n) is 6.29. The number of nitrogens with one attached hydrogen (secondary N) is 1. The molecule has 0 aromatic carbocycles. The van der Waals surface area contributed by atoms with Gasteiger partial charge in [-0.3, -0.25) is 4.68 Å². The normalized spacial score (nSPS) is 26.7. The smallest absolute Gasteiger partial charge is 0.0649 e. The lowest BCUT2D eigenvalue weighted by molar-refractivity contribution is 0.199. The minimum Gasteiger partial charge on any atom is -0.312 e. The highest BCUT2D eigenvalue weighted by atomic mass is 15.3. The Labute approximate surface area is 96.6 Å². The van der Waals surface area contributed by atoms with Crippen LogP contribution < -0.4 is 5.32 Å². The van der Waals surface area contributed by atoms with Crippen LogP contribution in [-0.4, -0.2) is 41.4 Å². The molecule has 1 aromatic rings. The fraction of sp³-hybridized carbons (Fsp3) is 0.750. The number of likely N-dealkylation sites (N-methyl/N-ethyl adjacent to an activating group) is 1. The molecule has 3 heterocycles. The second-order valence-electron chi connectivity index (χ2n) is 5.05. The molecular weight excluding hydrogens is 200 g/mol. The molecule has 4 nitrogen and oxygen atoms in total. The number of hydrogen-bond donors (Lipinski definition) is 1. The predicted octanol–water partition coefficient (Wildman–Crippen LogP) is 0.795. The van der Waals surface area contributed by atoms with Crippen LogP contribution in [0.3, 0.4) is 0 Å². The summed E-state index contributed by atoms with van der Waals surface area (Å²) in [5.41, 5.74) is 2.87. The molecule has 16 heavy (non-hydrogen) atoms. The first-order valence-corrected chi connectivity index (χ1v) is 6.29. The molecule has 2 aliphatic rings. The maximum absolute atomic E-state index is 4.61. The van der Waals surface area contributed by atoms with Gasteiger partial charge in [0.15, 0.2) is 0 Å². The lowest BCUT2D eigenvalue weighted by Gasteiger charge is -2.31. The lowest BCUT2D eigenvalue weighted by atomic mass is 10.0. The molecule has 0 spiro atoms. The van der Waals surface area contributed by atoms with E-state index in [0.717, 1.165) is 26.1 Å². The van der Waals surface area contributed by atoms with Gasteiger partial charge in [0.2, 0.25) is 0 Å². The SMILES string of the molecule is CN1CCCC(n2ncc3c2CCNC3)C1. The summed E-state index contributed by atoms with van der Waals surface area (Å²) in [4.78, 5) is 2.42. The first kappa shape index (κ1) is 10.3. The van der Waals surface area contributed by atoms with Gasteiger partial charge in [0.1, 0.15) is 0 Å². The Balaban J connectivity index is 1.85. The molecule has 0 radical (unpaired) electrons. The van der Waals surface area contributed by atoms with Gasteiger partial charge >= 0.3 is 0 Å². The maximum Gasteiger partial charge on any atom is 0.0649 e. The molecule has 1 saturated heterocycles. The zero-order valence-corrected chi connectivity index (χ0v) is 9.95. The van der Waals surface area contributed by atoms with Crippen LogP contribution >= 0.6 is 0 Å². The molecule has 1 fully saturated rings. The van der Waals surface area contributed by atoms with E-state index in [0.29, 0.717) is 6.04 Å². The number of likely N-dealkylation sites (tertiary alicyclic amines) is 1. The highest BCUT2D eigenvalue weighted by molar-refractivity contribution is 5.21. The summed E-state index contributed by atoms with van der Waals surface area (Å²) in [6, 6.07) is 0.598. The molecule has 0 aliphatic carbocycles. The number of fused-ring (bicyclic) bond motifs is 1. The third-order valence-corrected chi connectivity index (χ3v) is 3.78. The van der Waals surface area contributed by atoms with E-state index in [4.69, 9.17) is 0 Å². The van der Waals surface area contributed by atoms with Crippen LogP contribution in [-0.2, 0) is 13.0 Å². The van der Waals surface area contributed by atoms with E-state index >= 15 is 0 Å². The fourth-order valence-corrected chi connectivity index (χ4v) is 2.93. The van der Waals surface area contributed by atoms with Gasteiger partial charge in [-0.15, -0.1) is 0 Å². The van der Waals surface area contributed by atoms with Gasteiger partial charge in [0.25, 0.3) is 0 Å². The second-order valence-corrected chi connectivity index (χ2v) is 5.05. The summed E-state index contributed by atoms with van der Waals surface area (Å²) < 4.78 is 2.30. The Morgan fingerprint density at radius 3 is 3.31 bits per heavy atom. The van der Waals surface area contributed by atoms with Crippen molar-refractivity contribution < 1.29 is 0 Å². The lowest BCUT2D eigenvalue weighted by Crippen LogP contribution is -2.35. The van der Waals surface area contributed by atoms with Crippen molar-refractivity contribution in [3.05, 3.63) is 17.5 Å². The average Bonchev–Trinajstić information content (AvgIpc) is 2.72. The van der Waals surface area contributed by atoms with E-state index in [1.54, 1.807) is 0 Å². The van der Waals surface area contributed by atoms with Crippen LogP contribution in [0.2, 0.25) is 0 Å². The average molecular weight is 220 g/mol. The van der Waals surface area contributed by atoms with E-state index in [-0.39, 0.29) is 0 Å². The molecule has 3 rings (SSSR count). The monoisotopic (exact) mass is 220 g/mol. The molecule has 0 amide bonds. The van der Waals surface area contributed by atoms with Crippen molar-refractivity contribution in [3.63, 3.8) is 0 Å². The molecule has 88 valence electrons. The van der Waals surface area contributed by atoms with E-state index in [1.165, 1.54) is 30.6 Å². The summed E-state index contributed by atoms with van der Waals surface area (Å²) in [7, 11) is 2.21. The molecule has 0 bridgehead atoms. The molecule has 2 aliphatic heterocycles. The maximum atomic E-state index is 4.61. The summed E-state index contributed by atoms with van der Waals surface area (Å²) in [5.74, 6) is 0. The quantitative estimate of drug-likeness (QED) is 0.760. The zero-order chi connectivity index (χ0) is 11.0. The van der Waals surface area contributed by atoms with E-state index in [9.17, 15) is 0 Å². The van der Waals surface area contributed by atoms with Crippen molar-refractivity contribution in [2.45, 2.75) is 31.8 Å². The minimum absolute atomic E-state index is 0.598. The van der Waals surface area contributed by atoms with E-state index < -0.39 is 0 Å². The van der Waals surface area contributed by atoms with Gasteiger partial charge in [-0.05, 0) is 26.4 Å².